The molecule has 0 saturated carbocycles. The summed E-state index contributed by atoms with van der Waals surface area (Å²) in [6, 6.07) is 13.1. The summed E-state index contributed by atoms with van der Waals surface area (Å²) in [5, 5.41) is 8.51. The number of rotatable bonds is 10. The van der Waals surface area contributed by atoms with Gasteiger partial charge in [0.25, 0.3) is 11.8 Å². The van der Waals surface area contributed by atoms with E-state index in [-0.39, 0.29) is 11.8 Å². The maximum atomic E-state index is 12.4. The number of carbonyl (C=O) groups is 2. The van der Waals surface area contributed by atoms with E-state index in [2.05, 4.69) is 41.6 Å². The van der Waals surface area contributed by atoms with Crippen molar-refractivity contribution in [1.29, 1.82) is 0 Å². The zero-order valence-corrected chi connectivity index (χ0v) is 20.6. The third-order valence-corrected chi connectivity index (χ3v) is 6.12. The van der Waals surface area contributed by atoms with Crippen molar-refractivity contribution in [2.24, 2.45) is 0 Å². The molecule has 1 heterocycles. The van der Waals surface area contributed by atoms with Crippen molar-refractivity contribution in [3.05, 3.63) is 80.3 Å². The van der Waals surface area contributed by atoms with E-state index in [9.17, 15) is 9.59 Å². The molecule has 174 valence electrons. The molecule has 33 heavy (non-hydrogen) atoms. The van der Waals surface area contributed by atoms with Gasteiger partial charge in [0, 0.05) is 18.5 Å². The Morgan fingerprint density at radius 2 is 1.82 bits per heavy atom. The molecule has 2 amide bonds. The van der Waals surface area contributed by atoms with Crippen LogP contribution in [-0.4, -0.2) is 29.9 Å². The Bertz CT molecular complexity index is 1110. The fraction of sp³-hybridized carbons (Fsp3) is 0.320. The second-order valence-corrected chi connectivity index (χ2v) is 9.31. The predicted octanol–water partition coefficient (Wildman–Crippen LogP) is 5.36. The summed E-state index contributed by atoms with van der Waals surface area (Å²) < 4.78 is 6.01. The molecule has 0 atom stereocenters. The second kappa shape index (κ2) is 11.8. The van der Waals surface area contributed by atoms with Crippen LogP contribution in [0.25, 0.3) is 0 Å². The number of nitrogens with zero attached hydrogens (tertiary/aromatic N) is 1. The number of benzene rings is 2. The van der Waals surface area contributed by atoms with Gasteiger partial charge < -0.3 is 15.4 Å². The molecular formula is C25H28ClN3O3S. The number of carbonyl (C=O) groups excluding carboxylic acids is 2. The molecule has 0 aliphatic heterocycles. The van der Waals surface area contributed by atoms with E-state index in [1.54, 1.807) is 29.6 Å². The summed E-state index contributed by atoms with van der Waals surface area (Å²) in [5.74, 6) is 0.733. The highest BCUT2D eigenvalue weighted by Gasteiger charge is 2.13. The Labute approximate surface area is 203 Å². The number of thiazole rings is 1. The summed E-state index contributed by atoms with van der Waals surface area (Å²) in [4.78, 5) is 28.9. The molecule has 2 aromatic carbocycles. The Kier molecular flexibility index (Phi) is 8.86. The van der Waals surface area contributed by atoms with Gasteiger partial charge in [-0.25, -0.2) is 4.98 Å². The van der Waals surface area contributed by atoms with E-state index >= 15 is 0 Å². The molecule has 0 bridgehead atoms. The average molecular weight is 486 g/mol. The minimum absolute atomic E-state index is 0.231. The van der Waals surface area contributed by atoms with Crippen molar-refractivity contribution in [2.75, 3.05) is 13.1 Å². The summed E-state index contributed by atoms with van der Waals surface area (Å²) in [5.41, 5.74) is 3.09. The first kappa shape index (κ1) is 24.7. The molecule has 0 saturated heterocycles. The lowest BCUT2D eigenvalue weighted by Gasteiger charge is -2.14. The molecule has 0 spiro atoms. The number of aromatic nitrogens is 1. The van der Waals surface area contributed by atoms with E-state index in [1.807, 2.05) is 13.0 Å². The van der Waals surface area contributed by atoms with E-state index in [4.69, 9.17) is 16.3 Å². The van der Waals surface area contributed by atoms with Crippen LogP contribution in [0.2, 0.25) is 5.02 Å². The number of nitrogens with one attached hydrogen (secondary N) is 2. The molecule has 3 aromatic rings. The number of amides is 2. The zero-order valence-electron chi connectivity index (χ0n) is 19.0. The summed E-state index contributed by atoms with van der Waals surface area (Å²) in [6.45, 7) is 7.46. The molecule has 3 rings (SSSR count). The van der Waals surface area contributed by atoms with Crippen molar-refractivity contribution in [1.82, 2.24) is 15.6 Å². The molecule has 0 fully saturated rings. The van der Waals surface area contributed by atoms with Gasteiger partial charge in [-0.2, -0.15) is 0 Å². The lowest BCUT2D eigenvalue weighted by molar-refractivity contribution is 0.0948. The molecule has 0 radical (unpaired) electrons. The largest absolute Gasteiger partial charge is 0.486 e. The first-order valence-electron chi connectivity index (χ1n) is 10.8. The van der Waals surface area contributed by atoms with E-state index in [1.165, 1.54) is 11.3 Å². The van der Waals surface area contributed by atoms with Crippen LogP contribution in [0, 0.1) is 6.92 Å². The minimum Gasteiger partial charge on any atom is -0.486 e. The molecular weight excluding hydrogens is 458 g/mol. The Hall–Kier alpha value is -2.90. The van der Waals surface area contributed by atoms with Crippen LogP contribution in [0.1, 0.15) is 63.2 Å². The van der Waals surface area contributed by atoms with Crippen LogP contribution >= 0.6 is 22.9 Å². The number of hydrogen-bond acceptors (Lipinski definition) is 5. The van der Waals surface area contributed by atoms with Gasteiger partial charge in [0.2, 0.25) is 0 Å². The third kappa shape index (κ3) is 7.04. The van der Waals surface area contributed by atoms with Crippen molar-refractivity contribution < 1.29 is 14.3 Å². The summed E-state index contributed by atoms with van der Waals surface area (Å²) in [6.07, 6.45) is 0.591. The second-order valence-electron chi connectivity index (χ2n) is 7.96. The van der Waals surface area contributed by atoms with Crippen molar-refractivity contribution in [3.63, 3.8) is 0 Å². The van der Waals surface area contributed by atoms with E-state index < -0.39 is 0 Å². The smallest absolute Gasteiger partial charge is 0.270 e. The topological polar surface area (TPSA) is 80.3 Å². The molecule has 2 N–H and O–H groups in total. The van der Waals surface area contributed by atoms with Gasteiger partial charge in [0.1, 0.15) is 23.1 Å². The van der Waals surface area contributed by atoms with Gasteiger partial charge in [-0.1, -0.05) is 49.7 Å². The highest BCUT2D eigenvalue weighted by atomic mass is 35.5. The van der Waals surface area contributed by atoms with Gasteiger partial charge in [0.05, 0.1) is 10.6 Å². The van der Waals surface area contributed by atoms with Gasteiger partial charge in [-0.15, -0.1) is 11.3 Å². The molecule has 1 aromatic heterocycles. The first-order chi connectivity index (χ1) is 15.8. The highest BCUT2D eigenvalue weighted by molar-refractivity contribution is 7.09. The summed E-state index contributed by atoms with van der Waals surface area (Å²) >= 11 is 7.42. The maximum Gasteiger partial charge on any atom is 0.270 e. The number of halogens is 1. The van der Waals surface area contributed by atoms with Gasteiger partial charge in [-0.3, -0.25) is 9.59 Å². The van der Waals surface area contributed by atoms with Gasteiger partial charge in [-0.05, 0) is 48.6 Å². The number of hydrogen-bond donors (Lipinski definition) is 2. The molecule has 0 unspecified atom stereocenters. The Morgan fingerprint density at radius 3 is 2.55 bits per heavy atom. The Morgan fingerprint density at radius 1 is 1.09 bits per heavy atom. The SMILES string of the molecule is Cc1ccc(C(C)C)c(OCc2nc(C(=O)NCCCNC(=O)c3ccccc3Cl)cs2)c1. The van der Waals surface area contributed by atoms with E-state index in [0.717, 1.165) is 21.9 Å². The maximum absolute atomic E-state index is 12.4. The fourth-order valence-electron chi connectivity index (χ4n) is 3.19. The first-order valence-corrected chi connectivity index (χ1v) is 12.1. The monoisotopic (exact) mass is 485 g/mol. The van der Waals surface area contributed by atoms with Crippen LogP contribution in [0.3, 0.4) is 0 Å². The van der Waals surface area contributed by atoms with Crippen LogP contribution < -0.4 is 15.4 Å². The average Bonchev–Trinajstić information content (AvgIpc) is 3.26. The summed E-state index contributed by atoms with van der Waals surface area (Å²) in [7, 11) is 0. The fourth-order valence-corrected chi connectivity index (χ4v) is 4.09. The lowest BCUT2D eigenvalue weighted by atomic mass is 10.0. The molecule has 0 aliphatic carbocycles. The van der Waals surface area contributed by atoms with E-state index in [0.29, 0.717) is 48.3 Å². The van der Waals surface area contributed by atoms with Crippen LogP contribution in [0.15, 0.2) is 47.8 Å². The van der Waals surface area contributed by atoms with Crippen LogP contribution in [0.4, 0.5) is 0 Å². The highest BCUT2D eigenvalue weighted by Crippen LogP contribution is 2.28. The standard InChI is InChI=1S/C25H28ClN3O3S/c1-16(2)18-10-9-17(3)13-22(18)32-14-23-29-21(15-33-23)25(31)28-12-6-11-27-24(30)19-7-4-5-8-20(19)26/h4-5,7-10,13,15-16H,6,11-12,14H2,1-3H3,(H,27,30)(H,28,31). The number of ether oxygens (including phenoxy) is 1. The quantitative estimate of drug-likeness (QED) is 0.379. The van der Waals surface area contributed by atoms with Crippen molar-refractivity contribution >= 4 is 34.8 Å². The third-order valence-electron chi connectivity index (χ3n) is 4.97. The van der Waals surface area contributed by atoms with Crippen LogP contribution in [-0.2, 0) is 6.61 Å². The van der Waals surface area contributed by atoms with Gasteiger partial charge >= 0.3 is 0 Å². The molecule has 6 nitrogen and oxygen atoms in total. The Balaban J connectivity index is 1.42. The molecule has 0 aliphatic rings. The predicted molar refractivity (Wildman–Crippen MR) is 132 cm³/mol. The zero-order chi connectivity index (χ0) is 23.8. The van der Waals surface area contributed by atoms with Crippen molar-refractivity contribution in [3.8, 4) is 5.75 Å². The van der Waals surface area contributed by atoms with Crippen LogP contribution in [0.5, 0.6) is 5.75 Å². The minimum atomic E-state index is -0.242. The number of aryl methyl sites for hydroxylation is 1. The normalized spacial score (nSPS) is 10.8. The van der Waals surface area contributed by atoms with Gasteiger partial charge in [0.15, 0.2) is 0 Å². The molecule has 8 heteroatoms. The van der Waals surface area contributed by atoms with Crippen molar-refractivity contribution in [2.45, 2.75) is 39.7 Å². The lowest BCUT2D eigenvalue weighted by Crippen LogP contribution is -2.30.